The third kappa shape index (κ3) is 2.78. The Morgan fingerprint density at radius 1 is 1.33 bits per heavy atom. The number of hydrogen-bond acceptors (Lipinski definition) is 2. The molecule has 0 aliphatic heterocycles. The molecule has 0 aromatic carbocycles. The Balaban J connectivity index is 3.82. The van der Waals surface area contributed by atoms with E-state index in [4.69, 9.17) is 5.11 Å². The van der Waals surface area contributed by atoms with Gasteiger partial charge < -0.3 is 5.11 Å². The lowest BCUT2D eigenvalue weighted by Crippen LogP contribution is -2.31. The Hall–Kier alpha value is 1.27. The van der Waals surface area contributed by atoms with Crippen LogP contribution < -0.4 is 0 Å². The van der Waals surface area contributed by atoms with Crippen LogP contribution >= 0.6 is 44.5 Å². The SMILES string of the molecule is OCC(CS)(CBr)CBr. The van der Waals surface area contributed by atoms with Gasteiger partial charge in [-0.1, -0.05) is 31.9 Å². The first kappa shape index (κ1) is 10.3. The average Bonchev–Trinajstić information content (AvgIpc) is 1.95. The highest BCUT2D eigenvalue weighted by atomic mass is 79.9. The van der Waals surface area contributed by atoms with E-state index in [-0.39, 0.29) is 12.0 Å². The van der Waals surface area contributed by atoms with Gasteiger partial charge in [-0.15, -0.1) is 0 Å². The lowest BCUT2D eigenvalue weighted by Gasteiger charge is -2.24. The van der Waals surface area contributed by atoms with Crippen molar-refractivity contribution in [3.05, 3.63) is 0 Å². The van der Waals surface area contributed by atoms with Crippen molar-refractivity contribution in [1.82, 2.24) is 0 Å². The van der Waals surface area contributed by atoms with Crippen molar-refractivity contribution in [2.75, 3.05) is 23.0 Å². The molecular formula is C5H10Br2OS. The molecule has 0 saturated carbocycles. The van der Waals surface area contributed by atoms with Crippen molar-refractivity contribution in [2.45, 2.75) is 0 Å². The first-order chi connectivity index (χ1) is 4.24. The molecule has 56 valence electrons. The van der Waals surface area contributed by atoms with Gasteiger partial charge in [0.15, 0.2) is 0 Å². The van der Waals surface area contributed by atoms with E-state index in [9.17, 15) is 0 Å². The van der Waals surface area contributed by atoms with Crippen LogP contribution in [0.2, 0.25) is 0 Å². The van der Waals surface area contributed by atoms with Gasteiger partial charge >= 0.3 is 0 Å². The second kappa shape index (κ2) is 4.99. The van der Waals surface area contributed by atoms with E-state index in [0.717, 1.165) is 10.7 Å². The van der Waals surface area contributed by atoms with Gasteiger partial charge in [0.25, 0.3) is 0 Å². The van der Waals surface area contributed by atoms with E-state index in [1.807, 2.05) is 0 Å². The summed E-state index contributed by atoms with van der Waals surface area (Å²) in [6, 6.07) is 0. The fraction of sp³-hybridized carbons (Fsp3) is 1.00. The van der Waals surface area contributed by atoms with Crippen LogP contribution in [0.25, 0.3) is 0 Å². The van der Waals surface area contributed by atoms with Gasteiger partial charge in [-0.25, -0.2) is 0 Å². The molecule has 4 heteroatoms. The smallest absolute Gasteiger partial charge is 0.0511 e. The van der Waals surface area contributed by atoms with E-state index in [2.05, 4.69) is 44.5 Å². The summed E-state index contributed by atoms with van der Waals surface area (Å²) in [7, 11) is 0. The van der Waals surface area contributed by atoms with Crippen LogP contribution in [0.1, 0.15) is 0 Å². The summed E-state index contributed by atoms with van der Waals surface area (Å²) in [4.78, 5) is 0. The standard InChI is InChI=1S/C5H10Br2OS/c6-1-5(2-7,3-8)4-9/h8-9H,1-4H2. The van der Waals surface area contributed by atoms with E-state index in [1.165, 1.54) is 0 Å². The second-order valence-corrected chi connectivity index (χ2v) is 3.52. The maximum atomic E-state index is 8.87. The van der Waals surface area contributed by atoms with Gasteiger partial charge in [-0.3, -0.25) is 0 Å². The molecule has 0 spiro atoms. The molecule has 1 N–H and O–H groups in total. The van der Waals surface area contributed by atoms with Crippen molar-refractivity contribution >= 4 is 44.5 Å². The summed E-state index contributed by atoms with van der Waals surface area (Å²) in [5.41, 5.74) is -0.0802. The molecule has 0 atom stereocenters. The second-order valence-electron chi connectivity index (χ2n) is 2.08. The van der Waals surface area contributed by atoms with Gasteiger partial charge in [-0.2, -0.15) is 12.6 Å². The van der Waals surface area contributed by atoms with Crippen molar-refractivity contribution in [1.29, 1.82) is 0 Å². The molecular weight excluding hydrogens is 268 g/mol. The number of hydrogen-bond donors (Lipinski definition) is 2. The highest BCUT2D eigenvalue weighted by molar-refractivity contribution is 9.09. The molecule has 0 heterocycles. The predicted molar refractivity (Wildman–Crippen MR) is 51.0 cm³/mol. The van der Waals surface area contributed by atoms with Crippen LogP contribution in [0, 0.1) is 5.41 Å². The van der Waals surface area contributed by atoms with Crippen LogP contribution in [0.4, 0.5) is 0 Å². The van der Waals surface area contributed by atoms with Crippen molar-refractivity contribution < 1.29 is 5.11 Å². The van der Waals surface area contributed by atoms with E-state index < -0.39 is 0 Å². The van der Waals surface area contributed by atoms with E-state index in [0.29, 0.717) is 5.75 Å². The molecule has 0 rings (SSSR count). The molecule has 0 fully saturated rings. The summed E-state index contributed by atoms with van der Waals surface area (Å²) < 4.78 is 0. The zero-order chi connectivity index (χ0) is 7.33. The zero-order valence-corrected chi connectivity index (χ0v) is 9.05. The number of aliphatic hydroxyl groups is 1. The number of alkyl halides is 2. The molecule has 0 aromatic rings. The first-order valence-electron chi connectivity index (χ1n) is 2.58. The molecule has 0 aromatic heterocycles. The summed E-state index contributed by atoms with van der Waals surface area (Å²) in [6.07, 6.45) is 0. The van der Waals surface area contributed by atoms with Gasteiger partial charge in [0, 0.05) is 16.1 Å². The van der Waals surface area contributed by atoms with Gasteiger partial charge in [0.1, 0.15) is 0 Å². The molecule has 0 radical (unpaired) electrons. The van der Waals surface area contributed by atoms with Crippen LogP contribution in [0.5, 0.6) is 0 Å². The molecule has 1 nitrogen and oxygen atoms in total. The highest BCUT2D eigenvalue weighted by Gasteiger charge is 2.24. The minimum absolute atomic E-state index is 0.0802. The molecule has 0 aliphatic rings. The van der Waals surface area contributed by atoms with Crippen LogP contribution in [0.3, 0.4) is 0 Å². The maximum absolute atomic E-state index is 8.87. The monoisotopic (exact) mass is 276 g/mol. The molecule has 0 saturated heterocycles. The Bertz CT molecular complexity index is 57.8. The third-order valence-electron chi connectivity index (χ3n) is 1.24. The molecule has 0 bridgehead atoms. The average molecular weight is 278 g/mol. The summed E-state index contributed by atoms with van der Waals surface area (Å²) in [5.74, 6) is 0.694. The zero-order valence-electron chi connectivity index (χ0n) is 4.98. The number of aliphatic hydroxyl groups excluding tert-OH is 1. The van der Waals surface area contributed by atoms with Gasteiger partial charge in [0.2, 0.25) is 0 Å². The number of thiol groups is 1. The van der Waals surface area contributed by atoms with Crippen molar-refractivity contribution in [3.63, 3.8) is 0 Å². The summed E-state index contributed by atoms with van der Waals surface area (Å²) in [5, 5.41) is 10.4. The lowest BCUT2D eigenvalue weighted by molar-refractivity contribution is 0.190. The highest BCUT2D eigenvalue weighted by Crippen LogP contribution is 2.23. The van der Waals surface area contributed by atoms with Crippen LogP contribution in [-0.4, -0.2) is 28.1 Å². The quantitative estimate of drug-likeness (QED) is 0.592. The van der Waals surface area contributed by atoms with Gasteiger partial charge in [0.05, 0.1) is 6.61 Å². The van der Waals surface area contributed by atoms with Gasteiger partial charge in [-0.05, 0) is 5.75 Å². The Kier molecular flexibility index (Phi) is 5.70. The fourth-order valence-electron chi connectivity index (χ4n) is 0.255. The Morgan fingerprint density at radius 3 is 1.78 bits per heavy atom. The Labute approximate surface area is 77.9 Å². The normalized spacial score (nSPS) is 12.0. The maximum Gasteiger partial charge on any atom is 0.0511 e. The van der Waals surface area contributed by atoms with E-state index >= 15 is 0 Å². The van der Waals surface area contributed by atoms with Crippen LogP contribution in [-0.2, 0) is 0 Å². The summed E-state index contributed by atoms with van der Waals surface area (Å²) >= 11 is 10.8. The molecule has 0 unspecified atom stereocenters. The lowest BCUT2D eigenvalue weighted by atomic mass is 9.98. The van der Waals surface area contributed by atoms with Crippen molar-refractivity contribution in [2.24, 2.45) is 5.41 Å². The van der Waals surface area contributed by atoms with Crippen molar-refractivity contribution in [3.8, 4) is 0 Å². The number of rotatable bonds is 4. The Morgan fingerprint density at radius 2 is 1.78 bits per heavy atom. The molecule has 9 heavy (non-hydrogen) atoms. The largest absolute Gasteiger partial charge is 0.396 e. The first-order valence-corrected chi connectivity index (χ1v) is 5.46. The fourth-order valence-corrected chi connectivity index (χ4v) is 2.87. The minimum Gasteiger partial charge on any atom is -0.396 e. The molecule has 0 amide bonds. The molecule has 0 aliphatic carbocycles. The summed E-state index contributed by atoms with van der Waals surface area (Å²) in [6.45, 7) is 0.174. The van der Waals surface area contributed by atoms with Crippen LogP contribution in [0.15, 0.2) is 0 Å². The predicted octanol–water partition coefficient (Wildman–Crippen LogP) is 1.68. The van der Waals surface area contributed by atoms with E-state index in [1.54, 1.807) is 0 Å². The topological polar surface area (TPSA) is 20.2 Å². The number of halogens is 2. The third-order valence-corrected chi connectivity index (χ3v) is 4.29. The minimum atomic E-state index is -0.0802.